The lowest BCUT2D eigenvalue weighted by Crippen LogP contribution is -2.01. The number of hydrazone groups is 1. The van der Waals surface area contributed by atoms with Crippen molar-refractivity contribution in [1.29, 1.82) is 0 Å². The Kier molecular flexibility index (Phi) is 6.09. The lowest BCUT2D eigenvalue weighted by molar-refractivity contribution is -0.385. The minimum absolute atomic E-state index is 0.0254. The number of anilines is 1. The van der Waals surface area contributed by atoms with Crippen LogP contribution in [0, 0.1) is 10.1 Å². The number of nitro groups is 1. The van der Waals surface area contributed by atoms with Crippen LogP contribution in [-0.2, 0) is 0 Å². The van der Waals surface area contributed by atoms with Crippen molar-refractivity contribution in [3.63, 3.8) is 0 Å². The fourth-order valence-electron chi connectivity index (χ4n) is 2.95. The first kappa shape index (κ1) is 20.4. The third kappa shape index (κ3) is 4.99. The molecule has 31 heavy (non-hydrogen) atoms. The Morgan fingerprint density at radius 3 is 2.16 bits per heavy atom. The predicted octanol–water partition coefficient (Wildman–Crippen LogP) is 5.93. The SMILES string of the molecule is O=[N+]([O-])c1ccccc1C=NNc1nc(-c2ccccc2)cc(-c2ccc(Br)cc2)n1. The average molecular weight is 474 g/mol. The van der Waals surface area contributed by atoms with E-state index in [0.717, 1.165) is 27.0 Å². The molecule has 4 rings (SSSR count). The lowest BCUT2D eigenvalue weighted by atomic mass is 10.1. The van der Waals surface area contributed by atoms with Gasteiger partial charge >= 0.3 is 0 Å². The number of rotatable bonds is 6. The molecular formula is C23H16BrN5O2. The highest BCUT2D eigenvalue weighted by Gasteiger charge is 2.11. The monoisotopic (exact) mass is 473 g/mol. The van der Waals surface area contributed by atoms with E-state index in [4.69, 9.17) is 0 Å². The number of para-hydroxylation sites is 1. The van der Waals surface area contributed by atoms with Gasteiger partial charge in [-0.2, -0.15) is 5.10 Å². The summed E-state index contributed by atoms with van der Waals surface area (Å²) in [6.07, 6.45) is 1.38. The summed E-state index contributed by atoms with van der Waals surface area (Å²) in [6, 6.07) is 25.9. The van der Waals surface area contributed by atoms with E-state index in [2.05, 4.69) is 36.4 Å². The molecule has 0 saturated heterocycles. The summed E-state index contributed by atoms with van der Waals surface area (Å²) < 4.78 is 0.973. The van der Waals surface area contributed by atoms with Crippen molar-refractivity contribution < 1.29 is 4.92 Å². The van der Waals surface area contributed by atoms with Crippen LogP contribution < -0.4 is 5.43 Å². The average Bonchev–Trinajstić information content (AvgIpc) is 2.80. The fraction of sp³-hybridized carbons (Fsp3) is 0. The van der Waals surface area contributed by atoms with Gasteiger partial charge in [0.2, 0.25) is 5.95 Å². The molecular weight excluding hydrogens is 458 g/mol. The molecule has 0 aliphatic heterocycles. The molecule has 0 amide bonds. The van der Waals surface area contributed by atoms with E-state index in [1.54, 1.807) is 18.2 Å². The molecule has 8 heteroatoms. The van der Waals surface area contributed by atoms with Gasteiger partial charge in [-0.3, -0.25) is 10.1 Å². The molecule has 0 aliphatic rings. The normalized spacial score (nSPS) is 10.9. The smallest absolute Gasteiger partial charge is 0.258 e. The largest absolute Gasteiger partial charge is 0.278 e. The second-order valence-corrected chi connectivity index (χ2v) is 7.44. The number of nitrogens with one attached hydrogen (secondary N) is 1. The Balaban J connectivity index is 1.69. The van der Waals surface area contributed by atoms with Crippen molar-refractivity contribution >= 4 is 33.8 Å². The molecule has 0 bridgehead atoms. The van der Waals surface area contributed by atoms with Crippen LogP contribution in [0.2, 0.25) is 0 Å². The highest BCUT2D eigenvalue weighted by molar-refractivity contribution is 9.10. The first-order valence-electron chi connectivity index (χ1n) is 9.33. The molecule has 0 unspecified atom stereocenters. The fourth-order valence-corrected chi connectivity index (χ4v) is 3.21. The number of hydrogen-bond donors (Lipinski definition) is 1. The van der Waals surface area contributed by atoms with Gasteiger partial charge in [0.25, 0.3) is 5.69 Å². The Bertz CT molecular complexity index is 1240. The highest BCUT2D eigenvalue weighted by Crippen LogP contribution is 2.26. The molecule has 1 heterocycles. The Morgan fingerprint density at radius 2 is 1.48 bits per heavy atom. The van der Waals surface area contributed by atoms with Crippen LogP contribution in [0.5, 0.6) is 0 Å². The van der Waals surface area contributed by atoms with Gasteiger partial charge in [0.15, 0.2) is 0 Å². The van der Waals surface area contributed by atoms with Crippen molar-refractivity contribution in [3.8, 4) is 22.5 Å². The second kappa shape index (κ2) is 9.27. The van der Waals surface area contributed by atoms with E-state index in [0.29, 0.717) is 5.56 Å². The van der Waals surface area contributed by atoms with Crippen LogP contribution in [0.4, 0.5) is 11.6 Å². The molecule has 0 fully saturated rings. The molecule has 0 aliphatic carbocycles. The van der Waals surface area contributed by atoms with E-state index < -0.39 is 4.92 Å². The van der Waals surface area contributed by atoms with Crippen molar-refractivity contribution in [2.24, 2.45) is 5.10 Å². The molecule has 0 saturated carbocycles. The van der Waals surface area contributed by atoms with Crippen molar-refractivity contribution in [2.45, 2.75) is 0 Å². The first-order chi connectivity index (χ1) is 15.1. The number of benzene rings is 3. The van der Waals surface area contributed by atoms with Crippen LogP contribution in [-0.4, -0.2) is 21.1 Å². The lowest BCUT2D eigenvalue weighted by Gasteiger charge is -2.08. The van der Waals surface area contributed by atoms with Gasteiger partial charge < -0.3 is 0 Å². The minimum atomic E-state index is -0.445. The molecule has 4 aromatic rings. The van der Waals surface area contributed by atoms with Crippen LogP contribution in [0.3, 0.4) is 0 Å². The standard InChI is InChI=1S/C23H16BrN5O2/c24-19-12-10-17(11-13-19)21-14-20(16-6-2-1-3-7-16)26-23(27-21)28-25-15-18-8-4-5-9-22(18)29(30)31/h1-15H,(H,26,27,28). The van der Waals surface area contributed by atoms with Gasteiger partial charge in [0.1, 0.15) is 0 Å². The van der Waals surface area contributed by atoms with Crippen molar-refractivity contribution in [3.05, 3.63) is 105 Å². The summed E-state index contributed by atoms with van der Waals surface area (Å²) in [6.45, 7) is 0. The Morgan fingerprint density at radius 1 is 0.871 bits per heavy atom. The van der Waals surface area contributed by atoms with Gasteiger partial charge in [-0.05, 0) is 24.3 Å². The van der Waals surface area contributed by atoms with Crippen LogP contribution >= 0.6 is 15.9 Å². The third-order valence-corrected chi connectivity index (χ3v) is 4.97. The molecule has 152 valence electrons. The van der Waals surface area contributed by atoms with Gasteiger partial charge in [-0.25, -0.2) is 15.4 Å². The van der Waals surface area contributed by atoms with E-state index in [1.165, 1.54) is 12.3 Å². The topological polar surface area (TPSA) is 93.3 Å². The van der Waals surface area contributed by atoms with Gasteiger partial charge in [0, 0.05) is 21.7 Å². The molecule has 0 radical (unpaired) electrons. The van der Waals surface area contributed by atoms with E-state index >= 15 is 0 Å². The highest BCUT2D eigenvalue weighted by atomic mass is 79.9. The van der Waals surface area contributed by atoms with Crippen LogP contribution in [0.25, 0.3) is 22.5 Å². The van der Waals surface area contributed by atoms with E-state index in [-0.39, 0.29) is 11.6 Å². The number of nitrogens with zero attached hydrogens (tertiary/aromatic N) is 4. The quantitative estimate of drug-likeness (QED) is 0.213. The summed E-state index contributed by atoms with van der Waals surface area (Å²) in [5, 5.41) is 15.3. The molecule has 1 N–H and O–H groups in total. The maximum Gasteiger partial charge on any atom is 0.278 e. The molecule has 0 spiro atoms. The van der Waals surface area contributed by atoms with Gasteiger partial charge in [0.05, 0.1) is 28.1 Å². The number of aromatic nitrogens is 2. The first-order valence-corrected chi connectivity index (χ1v) is 10.1. The second-order valence-electron chi connectivity index (χ2n) is 6.52. The third-order valence-electron chi connectivity index (χ3n) is 4.44. The van der Waals surface area contributed by atoms with Crippen molar-refractivity contribution in [2.75, 3.05) is 5.43 Å². The van der Waals surface area contributed by atoms with Crippen LogP contribution in [0.15, 0.2) is 94.5 Å². The maximum atomic E-state index is 11.2. The van der Waals surface area contributed by atoms with Gasteiger partial charge in [-0.15, -0.1) is 0 Å². The Hall–Kier alpha value is -3.91. The number of hydrogen-bond acceptors (Lipinski definition) is 6. The van der Waals surface area contributed by atoms with Gasteiger partial charge in [-0.1, -0.05) is 70.5 Å². The van der Waals surface area contributed by atoms with Crippen molar-refractivity contribution in [1.82, 2.24) is 9.97 Å². The summed E-state index contributed by atoms with van der Waals surface area (Å²) in [5.41, 5.74) is 6.49. The zero-order valence-electron chi connectivity index (χ0n) is 16.1. The Labute approximate surface area is 186 Å². The minimum Gasteiger partial charge on any atom is -0.258 e. The summed E-state index contributed by atoms with van der Waals surface area (Å²) >= 11 is 3.44. The predicted molar refractivity (Wildman–Crippen MR) is 125 cm³/mol. The molecule has 0 atom stereocenters. The number of halogens is 1. The maximum absolute atomic E-state index is 11.2. The molecule has 3 aromatic carbocycles. The number of nitro benzene ring substituents is 1. The van der Waals surface area contributed by atoms with E-state index in [1.807, 2.05) is 60.7 Å². The zero-order valence-corrected chi connectivity index (χ0v) is 17.7. The van der Waals surface area contributed by atoms with E-state index in [9.17, 15) is 10.1 Å². The molecule has 1 aromatic heterocycles. The summed E-state index contributed by atoms with van der Waals surface area (Å²) in [4.78, 5) is 19.9. The summed E-state index contributed by atoms with van der Waals surface area (Å²) in [7, 11) is 0. The van der Waals surface area contributed by atoms with Crippen LogP contribution in [0.1, 0.15) is 5.56 Å². The molecule has 7 nitrogen and oxygen atoms in total. The zero-order chi connectivity index (χ0) is 21.6. The summed E-state index contributed by atoms with van der Waals surface area (Å²) in [5.74, 6) is 0.286.